The minimum Gasteiger partial charge on any atom is -0.381 e. The molecule has 0 spiro atoms. The second-order valence-corrected chi connectivity index (χ2v) is 6.39. The normalized spacial score (nSPS) is 19.4. The summed E-state index contributed by atoms with van der Waals surface area (Å²) in [5.41, 5.74) is 1.15. The first kappa shape index (κ1) is 15.3. The van der Waals surface area contributed by atoms with Gasteiger partial charge in [0, 0.05) is 44.0 Å². The van der Waals surface area contributed by atoms with Crippen molar-refractivity contribution < 1.29 is 4.74 Å². The number of thiazole rings is 1. The van der Waals surface area contributed by atoms with E-state index in [9.17, 15) is 0 Å². The molecule has 20 heavy (non-hydrogen) atoms. The van der Waals surface area contributed by atoms with Gasteiger partial charge in [0.2, 0.25) is 0 Å². The average molecular weight is 296 g/mol. The fourth-order valence-electron chi connectivity index (χ4n) is 2.31. The highest BCUT2D eigenvalue weighted by Crippen LogP contribution is 2.17. The molecule has 0 radical (unpaired) electrons. The lowest BCUT2D eigenvalue weighted by Gasteiger charge is -2.14. The third-order valence-electron chi connectivity index (χ3n) is 3.45. The molecule has 1 saturated heterocycles. The predicted octanol–water partition coefficient (Wildman–Crippen LogP) is 1.50. The fraction of sp³-hybridized carbons (Fsp3) is 0.714. The Hall–Kier alpha value is -1.14. The van der Waals surface area contributed by atoms with Crippen LogP contribution in [-0.2, 0) is 11.2 Å². The van der Waals surface area contributed by atoms with Gasteiger partial charge in [-0.15, -0.1) is 11.3 Å². The van der Waals surface area contributed by atoms with E-state index in [2.05, 4.69) is 34.5 Å². The third-order valence-corrected chi connectivity index (χ3v) is 4.58. The summed E-state index contributed by atoms with van der Waals surface area (Å²) in [5, 5.41) is 7.86. The van der Waals surface area contributed by atoms with Gasteiger partial charge >= 0.3 is 0 Å². The van der Waals surface area contributed by atoms with Crippen molar-refractivity contribution in [1.82, 2.24) is 15.6 Å². The average Bonchev–Trinajstić information content (AvgIpc) is 3.04. The number of aryl methyl sites for hydroxylation is 2. The van der Waals surface area contributed by atoms with E-state index in [1.54, 1.807) is 11.3 Å². The van der Waals surface area contributed by atoms with Crippen LogP contribution in [-0.4, -0.2) is 44.3 Å². The lowest BCUT2D eigenvalue weighted by Crippen LogP contribution is -2.40. The van der Waals surface area contributed by atoms with Crippen molar-refractivity contribution in [2.75, 3.05) is 33.4 Å². The Kier molecular flexibility index (Phi) is 5.79. The van der Waals surface area contributed by atoms with Crippen LogP contribution in [0.25, 0.3) is 0 Å². The Morgan fingerprint density at radius 1 is 1.45 bits per heavy atom. The molecule has 1 atom stereocenters. The van der Waals surface area contributed by atoms with Gasteiger partial charge in [-0.2, -0.15) is 0 Å². The zero-order valence-corrected chi connectivity index (χ0v) is 13.3. The van der Waals surface area contributed by atoms with Crippen LogP contribution in [0.3, 0.4) is 0 Å². The van der Waals surface area contributed by atoms with Crippen LogP contribution in [0, 0.1) is 19.8 Å². The van der Waals surface area contributed by atoms with Crippen molar-refractivity contribution in [3.8, 4) is 0 Å². The Morgan fingerprint density at radius 3 is 2.90 bits per heavy atom. The van der Waals surface area contributed by atoms with Gasteiger partial charge < -0.3 is 15.4 Å². The van der Waals surface area contributed by atoms with Crippen molar-refractivity contribution in [3.63, 3.8) is 0 Å². The third kappa shape index (κ3) is 4.45. The second-order valence-electron chi connectivity index (χ2n) is 5.10. The highest BCUT2D eigenvalue weighted by molar-refractivity contribution is 7.11. The van der Waals surface area contributed by atoms with Gasteiger partial charge in [0.15, 0.2) is 5.96 Å². The molecule has 2 rings (SSSR count). The maximum atomic E-state index is 5.37. The molecule has 0 bridgehead atoms. The van der Waals surface area contributed by atoms with E-state index in [4.69, 9.17) is 4.74 Å². The summed E-state index contributed by atoms with van der Waals surface area (Å²) < 4.78 is 5.37. The van der Waals surface area contributed by atoms with Gasteiger partial charge in [-0.05, 0) is 20.3 Å². The summed E-state index contributed by atoms with van der Waals surface area (Å²) in [6, 6.07) is 0. The second kappa shape index (κ2) is 7.59. The molecule has 1 aromatic heterocycles. The van der Waals surface area contributed by atoms with E-state index >= 15 is 0 Å². The monoisotopic (exact) mass is 296 g/mol. The number of rotatable bonds is 5. The zero-order valence-electron chi connectivity index (χ0n) is 12.5. The molecular weight excluding hydrogens is 272 g/mol. The molecule has 0 amide bonds. The van der Waals surface area contributed by atoms with Gasteiger partial charge in [-0.1, -0.05) is 0 Å². The summed E-state index contributed by atoms with van der Waals surface area (Å²) in [6.07, 6.45) is 2.13. The molecule has 5 nitrogen and oxygen atoms in total. The topological polar surface area (TPSA) is 58.5 Å². The maximum absolute atomic E-state index is 5.37. The van der Waals surface area contributed by atoms with Crippen LogP contribution < -0.4 is 10.6 Å². The summed E-state index contributed by atoms with van der Waals surface area (Å²) in [6.45, 7) is 7.69. The number of aliphatic imine (C=N–C) groups is 1. The van der Waals surface area contributed by atoms with Crippen molar-refractivity contribution >= 4 is 17.3 Å². The van der Waals surface area contributed by atoms with Crippen molar-refractivity contribution in [2.45, 2.75) is 26.7 Å². The molecule has 1 fully saturated rings. The number of ether oxygens (including phenoxy) is 1. The number of guanidine groups is 1. The molecule has 2 N–H and O–H groups in total. The summed E-state index contributed by atoms with van der Waals surface area (Å²) in [5.74, 6) is 1.48. The van der Waals surface area contributed by atoms with Crippen molar-refractivity contribution in [3.05, 3.63) is 15.6 Å². The molecule has 0 aliphatic carbocycles. The standard InChI is InChI=1S/C14H24N4OS/c1-10-13(20-11(2)18-10)4-6-16-14(15-3)17-8-12-5-7-19-9-12/h12H,4-9H2,1-3H3,(H2,15,16,17). The maximum Gasteiger partial charge on any atom is 0.190 e. The molecule has 6 heteroatoms. The molecule has 1 unspecified atom stereocenters. The predicted molar refractivity (Wildman–Crippen MR) is 83.6 cm³/mol. The van der Waals surface area contributed by atoms with Crippen LogP contribution in [0.1, 0.15) is 22.0 Å². The molecular formula is C14H24N4OS. The summed E-state index contributed by atoms with van der Waals surface area (Å²) >= 11 is 1.78. The van der Waals surface area contributed by atoms with Crippen LogP contribution in [0.2, 0.25) is 0 Å². The molecule has 0 aromatic carbocycles. The number of hydrogen-bond acceptors (Lipinski definition) is 4. The van der Waals surface area contributed by atoms with E-state index in [-0.39, 0.29) is 0 Å². The Labute approximate surface area is 124 Å². The Morgan fingerprint density at radius 2 is 2.30 bits per heavy atom. The van der Waals surface area contributed by atoms with Gasteiger partial charge in [-0.25, -0.2) is 4.98 Å². The smallest absolute Gasteiger partial charge is 0.190 e. The highest BCUT2D eigenvalue weighted by atomic mass is 32.1. The number of nitrogens with one attached hydrogen (secondary N) is 2. The summed E-state index contributed by atoms with van der Waals surface area (Å²) in [7, 11) is 1.81. The first-order chi connectivity index (χ1) is 9.69. The van der Waals surface area contributed by atoms with E-state index in [1.807, 2.05) is 7.05 Å². The SMILES string of the molecule is CN=C(NCCc1sc(C)nc1C)NCC1CCOC1. The quantitative estimate of drug-likeness (QED) is 0.639. The first-order valence-corrected chi connectivity index (χ1v) is 7.96. The van der Waals surface area contributed by atoms with Gasteiger partial charge in [0.25, 0.3) is 0 Å². The number of nitrogens with zero attached hydrogens (tertiary/aromatic N) is 2. The van der Waals surface area contributed by atoms with E-state index < -0.39 is 0 Å². The van der Waals surface area contributed by atoms with Crippen molar-refractivity contribution in [1.29, 1.82) is 0 Å². The van der Waals surface area contributed by atoms with Gasteiger partial charge in [0.1, 0.15) is 0 Å². The van der Waals surface area contributed by atoms with Crippen molar-refractivity contribution in [2.24, 2.45) is 10.9 Å². The van der Waals surface area contributed by atoms with Crippen LogP contribution >= 0.6 is 11.3 Å². The number of aromatic nitrogens is 1. The van der Waals surface area contributed by atoms with Gasteiger partial charge in [0.05, 0.1) is 17.3 Å². The van der Waals surface area contributed by atoms with E-state index in [0.717, 1.165) is 55.8 Å². The lowest BCUT2D eigenvalue weighted by molar-refractivity contribution is 0.186. The van der Waals surface area contributed by atoms with E-state index in [1.165, 1.54) is 4.88 Å². The highest BCUT2D eigenvalue weighted by Gasteiger charge is 2.15. The molecule has 1 aromatic rings. The minimum absolute atomic E-state index is 0.611. The lowest BCUT2D eigenvalue weighted by atomic mass is 10.1. The van der Waals surface area contributed by atoms with Crippen LogP contribution in [0.15, 0.2) is 4.99 Å². The molecule has 1 aliphatic heterocycles. The zero-order chi connectivity index (χ0) is 14.4. The Balaban J connectivity index is 1.69. The first-order valence-electron chi connectivity index (χ1n) is 7.14. The number of hydrogen-bond donors (Lipinski definition) is 2. The Bertz CT molecular complexity index is 452. The largest absolute Gasteiger partial charge is 0.381 e. The molecule has 1 aliphatic rings. The van der Waals surface area contributed by atoms with Crippen LogP contribution in [0.4, 0.5) is 0 Å². The molecule has 0 saturated carbocycles. The van der Waals surface area contributed by atoms with Gasteiger partial charge in [-0.3, -0.25) is 4.99 Å². The molecule has 2 heterocycles. The minimum atomic E-state index is 0.611. The van der Waals surface area contributed by atoms with E-state index in [0.29, 0.717) is 5.92 Å². The van der Waals surface area contributed by atoms with Crippen LogP contribution in [0.5, 0.6) is 0 Å². The summed E-state index contributed by atoms with van der Waals surface area (Å²) in [4.78, 5) is 10.1. The molecule has 112 valence electrons. The fourth-order valence-corrected chi connectivity index (χ4v) is 3.24.